The van der Waals surface area contributed by atoms with Crippen LogP contribution in [-0.4, -0.2) is 35.0 Å². The minimum Gasteiger partial charge on any atom is -0.340 e. The molecule has 1 aromatic heterocycles. The lowest BCUT2D eigenvalue weighted by molar-refractivity contribution is -0.120. The van der Waals surface area contributed by atoms with Crippen molar-refractivity contribution in [3.05, 3.63) is 11.5 Å². The van der Waals surface area contributed by atoms with Crippen molar-refractivity contribution in [2.75, 3.05) is 16.8 Å². The van der Waals surface area contributed by atoms with Crippen molar-refractivity contribution in [1.29, 1.82) is 0 Å². The third kappa shape index (κ3) is 1.92. The first-order valence-corrected chi connectivity index (χ1v) is 6.43. The summed E-state index contributed by atoms with van der Waals surface area (Å²) in [7, 11) is 1.75. The van der Waals surface area contributed by atoms with E-state index in [1.54, 1.807) is 18.1 Å². The topological polar surface area (TPSA) is 49.3 Å². The highest BCUT2D eigenvalue weighted by Crippen LogP contribution is 2.35. The summed E-state index contributed by atoms with van der Waals surface area (Å²) in [5.74, 6) is 0.809. The second kappa shape index (κ2) is 4.72. The molecule has 98 valence electrons. The number of halogens is 1. The molecule has 0 spiro atoms. The monoisotopic (exact) mass is 268 g/mol. The van der Waals surface area contributed by atoms with Crippen molar-refractivity contribution in [2.45, 2.75) is 39.3 Å². The molecule has 0 N–H and O–H groups in total. The number of hydrogen-bond donors (Lipinski definition) is 0. The molecule has 2 heterocycles. The Balaban J connectivity index is 2.60. The predicted octanol–water partition coefficient (Wildman–Crippen LogP) is 2.10. The Morgan fingerprint density at radius 3 is 2.72 bits per heavy atom. The smallest absolute Gasteiger partial charge is 0.249 e. The summed E-state index contributed by atoms with van der Waals surface area (Å²) < 4.78 is 0. The van der Waals surface area contributed by atoms with Crippen LogP contribution in [0.4, 0.5) is 11.5 Å². The van der Waals surface area contributed by atoms with E-state index in [0.29, 0.717) is 5.69 Å². The molecule has 6 heteroatoms. The fourth-order valence-electron chi connectivity index (χ4n) is 2.36. The van der Waals surface area contributed by atoms with E-state index in [9.17, 15) is 4.79 Å². The number of rotatable bonds is 2. The van der Waals surface area contributed by atoms with Gasteiger partial charge in [0, 0.05) is 13.1 Å². The minimum atomic E-state index is -0.187. The lowest BCUT2D eigenvalue weighted by Crippen LogP contribution is -2.54. The average molecular weight is 269 g/mol. The van der Waals surface area contributed by atoms with Gasteiger partial charge in [-0.2, -0.15) is 4.98 Å². The summed E-state index contributed by atoms with van der Waals surface area (Å²) in [6, 6.07) is -0.00853. The van der Waals surface area contributed by atoms with Gasteiger partial charge in [-0.3, -0.25) is 4.79 Å². The first-order chi connectivity index (χ1) is 8.47. The molecular weight excluding hydrogens is 252 g/mol. The maximum absolute atomic E-state index is 12.3. The third-order valence-corrected chi connectivity index (χ3v) is 3.40. The summed E-state index contributed by atoms with van der Waals surface area (Å²) in [5, 5.41) is 0.206. The van der Waals surface area contributed by atoms with Crippen LogP contribution in [0.5, 0.6) is 0 Å². The van der Waals surface area contributed by atoms with Gasteiger partial charge in [-0.05, 0) is 31.9 Å². The van der Waals surface area contributed by atoms with E-state index < -0.39 is 0 Å². The number of fused-ring (bicyclic) bond motifs is 1. The fourth-order valence-corrected chi connectivity index (χ4v) is 2.49. The van der Waals surface area contributed by atoms with Gasteiger partial charge in [-0.15, -0.1) is 0 Å². The molecule has 0 aliphatic carbocycles. The highest BCUT2D eigenvalue weighted by atomic mass is 35.5. The molecule has 0 radical (unpaired) electrons. The summed E-state index contributed by atoms with van der Waals surface area (Å²) in [5.41, 5.74) is 0.711. The van der Waals surface area contributed by atoms with Gasteiger partial charge < -0.3 is 9.80 Å². The van der Waals surface area contributed by atoms with E-state index in [1.807, 2.05) is 25.7 Å². The molecular formula is C12H17ClN4O. The molecule has 0 fully saturated rings. The van der Waals surface area contributed by atoms with E-state index in [1.165, 1.54) is 0 Å². The van der Waals surface area contributed by atoms with Crippen LogP contribution in [0.2, 0.25) is 5.28 Å². The van der Waals surface area contributed by atoms with E-state index in [0.717, 1.165) is 12.2 Å². The Hall–Kier alpha value is -1.36. The van der Waals surface area contributed by atoms with Crippen LogP contribution in [-0.2, 0) is 4.79 Å². The number of nitrogens with zero attached hydrogens (tertiary/aromatic N) is 4. The quantitative estimate of drug-likeness (QED) is 0.771. The molecule has 0 saturated heterocycles. The Labute approximate surface area is 112 Å². The van der Waals surface area contributed by atoms with Crippen LogP contribution in [0.15, 0.2) is 6.20 Å². The number of carbonyl (C=O) groups is 1. The van der Waals surface area contributed by atoms with Crippen LogP contribution >= 0.6 is 11.6 Å². The van der Waals surface area contributed by atoms with Gasteiger partial charge in [0.25, 0.3) is 0 Å². The third-order valence-electron chi connectivity index (χ3n) is 3.22. The van der Waals surface area contributed by atoms with Crippen molar-refractivity contribution in [2.24, 2.45) is 0 Å². The van der Waals surface area contributed by atoms with Crippen molar-refractivity contribution in [3.8, 4) is 0 Å². The second-order valence-electron chi connectivity index (χ2n) is 4.67. The van der Waals surface area contributed by atoms with E-state index in [4.69, 9.17) is 11.6 Å². The van der Waals surface area contributed by atoms with Gasteiger partial charge in [-0.1, -0.05) is 6.92 Å². The van der Waals surface area contributed by atoms with Crippen molar-refractivity contribution < 1.29 is 4.79 Å². The van der Waals surface area contributed by atoms with Crippen LogP contribution in [0.1, 0.15) is 27.2 Å². The number of carbonyl (C=O) groups excluding carboxylic acids is 1. The van der Waals surface area contributed by atoms with Crippen LogP contribution in [0.3, 0.4) is 0 Å². The Morgan fingerprint density at radius 1 is 1.50 bits per heavy atom. The standard InChI is InChI=1S/C12H17ClN4O/c1-5-8-11(18)16(4)9-6-14-12(13)15-10(9)17(8)7(2)3/h6-8H,5H2,1-4H3/t8-/m0/s1. The molecule has 0 saturated carbocycles. The second-order valence-corrected chi connectivity index (χ2v) is 5.01. The zero-order valence-corrected chi connectivity index (χ0v) is 11.8. The molecule has 0 unspecified atom stereocenters. The van der Waals surface area contributed by atoms with Gasteiger partial charge in [0.1, 0.15) is 11.7 Å². The number of aromatic nitrogens is 2. The molecule has 1 aliphatic heterocycles. The number of likely N-dealkylation sites (N-methyl/N-ethyl adjacent to an activating group) is 1. The van der Waals surface area contributed by atoms with Crippen molar-refractivity contribution in [3.63, 3.8) is 0 Å². The molecule has 0 aromatic carbocycles. The predicted molar refractivity (Wildman–Crippen MR) is 72.1 cm³/mol. The summed E-state index contributed by atoms with van der Waals surface area (Å²) in [4.78, 5) is 24.2. The minimum absolute atomic E-state index is 0.0737. The van der Waals surface area contributed by atoms with Gasteiger partial charge in [-0.25, -0.2) is 4.98 Å². The summed E-state index contributed by atoms with van der Waals surface area (Å²) in [6.45, 7) is 6.09. The highest BCUT2D eigenvalue weighted by Gasteiger charge is 2.38. The Kier molecular flexibility index (Phi) is 3.43. The van der Waals surface area contributed by atoms with Gasteiger partial charge in [0.05, 0.1) is 6.20 Å². The molecule has 1 aliphatic rings. The first kappa shape index (κ1) is 13.1. The maximum atomic E-state index is 12.3. The first-order valence-electron chi connectivity index (χ1n) is 6.05. The van der Waals surface area contributed by atoms with Crippen LogP contribution < -0.4 is 9.80 Å². The molecule has 5 nitrogen and oxygen atoms in total. The zero-order valence-electron chi connectivity index (χ0n) is 11.0. The van der Waals surface area contributed by atoms with Gasteiger partial charge in [0.2, 0.25) is 11.2 Å². The van der Waals surface area contributed by atoms with Crippen molar-refractivity contribution in [1.82, 2.24) is 9.97 Å². The van der Waals surface area contributed by atoms with Gasteiger partial charge >= 0.3 is 0 Å². The van der Waals surface area contributed by atoms with Crippen LogP contribution in [0, 0.1) is 0 Å². The molecule has 1 atom stereocenters. The Bertz CT molecular complexity index is 477. The van der Waals surface area contributed by atoms with Crippen molar-refractivity contribution >= 4 is 29.0 Å². The van der Waals surface area contributed by atoms with E-state index in [-0.39, 0.29) is 23.3 Å². The SMILES string of the molecule is CC[C@H]1C(=O)N(C)c2cnc(Cl)nc2N1C(C)C. The molecule has 2 rings (SSSR count). The van der Waals surface area contributed by atoms with Gasteiger partial charge in [0.15, 0.2) is 5.82 Å². The molecule has 1 amide bonds. The Morgan fingerprint density at radius 2 is 2.17 bits per heavy atom. The van der Waals surface area contributed by atoms with Crippen LogP contribution in [0.25, 0.3) is 0 Å². The summed E-state index contributed by atoms with van der Waals surface area (Å²) in [6.07, 6.45) is 2.34. The molecule has 0 bridgehead atoms. The van der Waals surface area contributed by atoms with E-state index >= 15 is 0 Å². The average Bonchev–Trinajstić information content (AvgIpc) is 2.32. The summed E-state index contributed by atoms with van der Waals surface area (Å²) >= 11 is 5.87. The number of amides is 1. The maximum Gasteiger partial charge on any atom is 0.249 e. The highest BCUT2D eigenvalue weighted by molar-refractivity contribution is 6.28. The normalized spacial score (nSPS) is 19.4. The number of anilines is 2. The lowest BCUT2D eigenvalue weighted by atomic mass is 10.1. The zero-order chi connectivity index (χ0) is 13.4. The number of hydrogen-bond acceptors (Lipinski definition) is 4. The molecule has 1 aromatic rings. The largest absolute Gasteiger partial charge is 0.340 e. The fraction of sp³-hybridized carbons (Fsp3) is 0.583. The molecule has 18 heavy (non-hydrogen) atoms. The van der Waals surface area contributed by atoms with E-state index in [2.05, 4.69) is 9.97 Å². The lowest BCUT2D eigenvalue weighted by Gasteiger charge is -2.42.